The highest BCUT2D eigenvalue weighted by atomic mass is 16.5. The Morgan fingerprint density at radius 1 is 1.00 bits per heavy atom. The van der Waals surface area contributed by atoms with E-state index in [9.17, 15) is 9.59 Å². The van der Waals surface area contributed by atoms with Gasteiger partial charge in [0.2, 0.25) is 0 Å². The fraction of sp³-hybridized carbons (Fsp3) is 0.100. The summed E-state index contributed by atoms with van der Waals surface area (Å²) in [7, 11) is 0. The van der Waals surface area contributed by atoms with Crippen LogP contribution in [0.3, 0.4) is 0 Å². The van der Waals surface area contributed by atoms with Gasteiger partial charge in [-0.15, -0.1) is 0 Å². The van der Waals surface area contributed by atoms with Gasteiger partial charge in [-0.05, 0) is 18.6 Å². The minimum absolute atomic E-state index is 0.0526. The van der Waals surface area contributed by atoms with Gasteiger partial charge in [0.25, 0.3) is 5.91 Å². The van der Waals surface area contributed by atoms with Crippen LogP contribution in [-0.4, -0.2) is 27.9 Å². The number of hydrogen-bond acceptors (Lipinski definition) is 5. The molecule has 1 amide bonds. The molecule has 0 aliphatic rings. The van der Waals surface area contributed by atoms with Gasteiger partial charge in [-0.25, -0.2) is 9.78 Å². The number of ether oxygens (including phenoxy) is 1. The van der Waals surface area contributed by atoms with Gasteiger partial charge in [0, 0.05) is 23.6 Å². The number of benzene rings is 2. The number of nitrogens with zero attached hydrogens (tertiary/aromatic N) is 2. The molecule has 0 aliphatic heterocycles. The highest BCUT2D eigenvalue weighted by Gasteiger charge is 2.20. The Morgan fingerprint density at radius 2 is 1.73 bits per heavy atom. The van der Waals surface area contributed by atoms with Crippen molar-refractivity contribution in [3.63, 3.8) is 0 Å². The molecule has 0 spiro atoms. The molecule has 6 heteroatoms. The molecule has 0 saturated heterocycles. The number of anilines is 1. The molecule has 1 N–H and O–H groups in total. The van der Waals surface area contributed by atoms with Gasteiger partial charge in [-0.3, -0.25) is 9.78 Å². The third kappa shape index (κ3) is 4.10. The predicted molar refractivity (Wildman–Crippen MR) is 97.4 cm³/mol. The second-order valence-electron chi connectivity index (χ2n) is 5.54. The van der Waals surface area contributed by atoms with Crippen LogP contribution in [0.25, 0.3) is 11.1 Å². The van der Waals surface area contributed by atoms with Crippen LogP contribution in [0, 0.1) is 0 Å². The average molecular weight is 347 g/mol. The number of amides is 1. The lowest BCUT2D eigenvalue weighted by atomic mass is 10.0. The molecule has 0 fully saturated rings. The van der Waals surface area contributed by atoms with Crippen LogP contribution in [0.2, 0.25) is 0 Å². The van der Waals surface area contributed by atoms with Crippen molar-refractivity contribution in [3.8, 4) is 11.1 Å². The maximum atomic E-state index is 12.4. The molecule has 0 radical (unpaired) electrons. The molecule has 0 bridgehead atoms. The molecule has 1 heterocycles. The van der Waals surface area contributed by atoms with Crippen LogP contribution in [0.4, 0.5) is 5.69 Å². The van der Waals surface area contributed by atoms with Crippen molar-refractivity contribution in [2.75, 3.05) is 5.32 Å². The summed E-state index contributed by atoms with van der Waals surface area (Å²) in [5.74, 6) is -1.12. The summed E-state index contributed by atoms with van der Waals surface area (Å²) in [5, 5.41) is 2.81. The van der Waals surface area contributed by atoms with Crippen molar-refractivity contribution < 1.29 is 14.3 Å². The van der Waals surface area contributed by atoms with E-state index in [0.717, 1.165) is 11.1 Å². The third-order valence-corrected chi connectivity index (χ3v) is 3.70. The number of hydrogen-bond donors (Lipinski definition) is 1. The largest absolute Gasteiger partial charge is 0.448 e. The molecule has 0 aliphatic carbocycles. The monoisotopic (exact) mass is 347 g/mol. The summed E-state index contributed by atoms with van der Waals surface area (Å²) in [6.45, 7) is 1.51. The van der Waals surface area contributed by atoms with Crippen LogP contribution >= 0.6 is 0 Å². The molecule has 3 aromatic rings. The first kappa shape index (κ1) is 17.3. The Labute approximate surface area is 150 Å². The van der Waals surface area contributed by atoms with Gasteiger partial charge < -0.3 is 10.1 Å². The van der Waals surface area contributed by atoms with Crippen LogP contribution in [0.1, 0.15) is 17.4 Å². The van der Waals surface area contributed by atoms with Crippen LogP contribution in [0.15, 0.2) is 73.2 Å². The predicted octanol–water partition coefficient (Wildman–Crippen LogP) is 3.33. The van der Waals surface area contributed by atoms with Gasteiger partial charge in [-0.1, -0.05) is 48.5 Å². The van der Waals surface area contributed by atoms with E-state index in [-0.39, 0.29) is 5.69 Å². The molecular formula is C20H17N3O3. The summed E-state index contributed by atoms with van der Waals surface area (Å²) in [5.41, 5.74) is 2.56. The average Bonchev–Trinajstić information content (AvgIpc) is 2.69. The van der Waals surface area contributed by atoms with Gasteiger partial charge in [-0.2, -0.15) is 0 Å². The lowest BCUT2D eigenvalue weighted by Gasteiger charge is -2.15. The van der Waals surface area contributed by atoms with Crippen LogP contribution in [0.5, 0.6) is 0 Å². The van der Waals surface area contributed by atoms with E-state index < -0.39 is 18.0 Å². The topological polar surface area (TPSA) is 81.2 Å². The quantitative estimate of drug-likeness (QED) is 0.716. The Balaban J connectivity index is 1.71. The number of carbonyl (C=O) groups is 2. The van der Waals surface area contributed by atoms with Gasteiger partial charge in [0.15, 0.2) is 11.8 Å². The SMILES string of the molecule is C[C@H](OC(=O)c1cnccn1)C(=O)Nc1ccccc1-c1ccccc1. The first-order valence-electron chi connectivity index (χ1n) is 8.07. The number of carbonyl (C=O) groups excluding carboxylic acids is 2. The van der Waals surface area contributed by atoms with E-state index in [1.54, 1.807) is 6.07 Å². The molecule has 1 aromatic heterocycles. The highest BCUT2D eigenvalue weighted by Crippen LogP contribution is 2.27. The van der Waals surface area contributed by atoms with E-state index in [1.165, 1.54) is 25.5 Å². The van der Waals surface area contributed by atoms with Crippen molar-refractivity contribution in [2.24, 2.45) is 0 Å². The van der Waals surface area contributed by atoms with E-state index in [4.69, 9.17) is 4.74 Å². The highest BCUT2D eigenvalue weighted by molar-refractivity contribution is 5.99. The second-order valence-corrected chi connectivity index (χ2v) is 5.54. The van der Waals surface area contributed by atoms with Crippen molar-refractivity contribution in [2.45, 2.75) is 13.0 Å². The Morgan fingerprint density at radius 3 is 2.46 bits per heavy atom. The van der Waals surface area contributed by atoms with Gasteiger partial charge >= 0.3 is 5.97 Å². The summed E-state index contributed by atoms with van der Waals surface area (Å²) < 4.78 is 5.16. The summed E-state index contributed by atoms with van der Waals surface area (Å²) >= 11 is 0. The first-order chi connectivity index (χ1) is 12.6. The molecular weight excluding hydrogens is 330 g/mol. The van der Waals surface area contributed by atoms with Gasteiger partial charge in [0.05, 0.1) is 6.20 Å². The van der Waals surface area contributed by atoms with Crippen LogP contribution in [-0.2, 0) is 9.53 Å². The van der Waals surface area contributed by atoms with E-state index in [0.29, 0.717) is 5.69 Å². The lowest BCUT2D eigenvalue weighted by molar-refractivity contribution is -0.123. The lowest BCUT2D eigenvalue weighted by Crippen LogP contribution is -2.30. The summed E-state index contributed by atoms with van der Waals surface area (Å²) in [6.07, 6.45) is 3.15. The fourth-order valence-corrected chi connectivity index (χ4v) is 2.37. The number of para-hydroxylation sites is 1. The first-order valence-corrected chi connectivity index (χ1v) is 8.07. The molecule has 6 nitrogen and oxygen atoms in total. The summed E-state index contributed by atoms with van der Waals surface area (Å²) in [4.78, 5) is 32.1. The maximum absolute atomic E-state index is 12.4. The number of nitrogens with one attached hydrogen (secondary N) is 1. The van der Waals surface area contributed by atoms with E-state index in [1.807, 2.05) is 48.5 Å². The Bertz CT molecular complexity index is 898. The zero-order valence-corrected chi connectivity index (χ0v) is 14.1. The van der Waals surface area contributed by atoms with Crippen molar-refractivity contribution in [1.29, 1.82) is 0 Å². The van der Waals surface area contributed by atoms with E-state index in [2.05, 4.69) is 15.3 Å². The third-order valence-electron chi connectivity index (χ3n) is 3.70. The van der Waals surface area contributed by atoms with Crippen molar-refractivity contribution in [3.05, 3.63) is 78.9 Å². The standard InChI is InChI=1S/C20H17N3O3/c1-14(26-20(25)18-13-21-11-12-22-18)19(24)23-17-10-6-5-9-16(17)15-7-3-2-4-8-15/h2-14H,1H3,(H,23,24)/t14-/m0/s1. The van der Waals surface area contributed by atoms with Crippen molar-refractivity contribution in [1.82, 2.24) is 9.97 Å². The minimum atomic E-state index is -0.978. The minimum Gasteiger partial charge on any atom is -0.448 e. The smallest absolute Gasteiger partial charge is 0.359 e. The molecule has 0 saturated carbocycles. The molecule has 0 unspecified atom stereocenters. The van der Waals surface area contributed by atoms with Crippen molar-refractivity contribution >= 4 is 17.6 Å². The molecule has 130 valence electrons. The van der Waals surface area contributed by atoms with E-state index >= 15 is 0 Å². The molecule has 3 rings (SSSR count). The van der Waals surface area contributed by atoms with Gasteiger partial charge in [0.1, 0.15) is 0 Å². The zero-order valence-electron chi connectivity index (χ0n) is 14.1. The maximum Gasteiger partial charge on any atom is 0.359 e. The second kappa shape index (κ2) is 8.02. The van der Waals surface area contributed by atoms with Crippen LogP contribution < -0.4 is 5.32 Å². The molecule has 2 aromatic carbocycles. The summed E-state index contributed by atoms with van der Waals surface area (Å²) in [6, 6.07) is 17.2. The fourth-order valence-electron chi connectivity index (χ4n) is 2.37. The Hall–Kier alpha value is -3.54. The normalized spacial score (nSPS) is 11.4. The number of rotatable bonds is 5. The number of aromatic nitrogens is 2. The molecule has 1 atom stereocenters. The molecule has 26 heavy (non-hydrogen) atoms. The zero-order chi connectivity index (χ0) is 18.4. The Kier molecular flexibility index (Phi) is 5.34. The number of esters is 1.